The molecule has 1 aromatic carbocycles. The van der Waals surface area contributed by atoms with Gasteiger partial charge in [-0.2, -0.15) is 0 Å². The van der Waals surface area contributed by atoms with Crippen LogP contribution < -0.4 is 5.32 Å². The molecule has 0 aliphatic rings. The van der Waals surface area contributed by atoms with E-state index in [4.69, 9.17) is 23.2 Å². The summed E-state index contributed by atoms with van der Waals surface area (Å²) in [7, 11) is 0. The Balaban J connectivity index is 2.52. The molecule has 1 N–H and O–H groups in total. The van der Waals surface area contributed by atoms with E-state index in [2.05, 4.69) is 21.2 Å². The van der Waals surface area contributed by atoms with Gasteiger partial charge in [-0.25, -0.2) is 0 Å². The zero-order valence-corrected chi connectivity index (χ0v) is 12.6. The van der Waals surface area contributed by atoms with Gasteiger partial charge in [0.05, 0.1) is 10.6 Å². The third-order valence-electron chi connectivity index (χ3n) is 2.36. The Labute approximate surface area is 120 Å². The van der Waals surface area contributed by atoms with Gasteiger partial charge < -0.3 is 5.32 Å². The summed E-state index contributed by atoms with van der Waals surface area (Å²) >= 11 is 15.2. The summed E-state index contributed by atoms with van der Waals surface area (Å²) < 4.78 is 0.853. The first-order chi connectivity index (χ1) is 8.04. The number of hydrogen-bond acceptors (Lipinski definition) is 1. The van der Waals surface area contributed by atoms with Crippen LogP contribution in [0.1, 0.15) is 30.1 Å². The first-order valence-electron chi connectivity index (χ1n) is 5.42. The Hall–Kier alpha value is -0.250. The fourth-order valence-corrected chi connectivity index (χ4v) is 2.18. The Morgan fingerprint density at radius 2 is 2.24 bits per heavy atom. The molecule has 1 amide bonds. The Morgan fingerprint density at radius 3 is 2.82 bits per heavy atom. The topological polar surface area (TPSA) is 29.1 Å². The maximum Gasteiger partial charge on any atom is 0.252 e. The number of hydrogen-bond donors (Lipinski definition) is 1. The molecule has 0 saturated heterocycles. The molecule has 0 fully saturated rings. The van der Waals surface area contributed by atoms with Crippen molar-refractivity contribution in [2.75, 3.05) is 6.54 Å². The average Bonchev–Trinajstić information content (AvgIpc) is 2.28. The Bertz CT molecular complexity index is 398. The van der Waals surface area contributed by atoms with E-state index in [0.717, 1.165) is 17.3 Å². The lowest BCUT2D eigenvalue weighted by Crippen LogP contribution is -2.26. The highest BCUT2D eigenvalue weighted by molar-refractivity contribution is 9.10. The van der Waals surface area contributed by atoms with Crippen molar-refractivity contribution in [2.45, 2.75) is 25.1 Å². The lowest BCUT2D eigenvalue weighted by molar-refractivity contribution is 0.0953. The predicted molar refractivity (Wildman–Crippen MR) is 76.0 cm³/mol. The molecule has 0 heterocycles. The molecule has 0 aliphatic heterocycles. The van der Waals surface area contributed by atoms with E-state index >= 15 is 0 Å². The summed E-state index contributed by atoms with van der Waals surface area (Å²) in [5.74, 6) is -0.164. The molecular formula is C12H14BrCl2NO. The Morgan fingerprint density at radius 1 is 1.53 bits per heavy atom. The summed E-state index contributed by atoms with van der Waals surface area (Å²) in [6.45, 7) is 2.58. The van der Waals surface area contributed by atoms with E-state index in [1.54, 1.807) is 18.2 Å². The van der Waals surface area contributed by atoms with Gasteiger partial charge in [0.15, 0.2) is 0 Å². The number of halogens is 3. The smallest absolute Gasteiger partial charge is 0.252 e. The van der Waals surface area contributed by atoms with Crippen LogP contribution in [0, 0.1) is 0 Å². The first kappa shape index (κ1) is 14.8. The second kappa shape index (κ2) is 7.24. The molecule has 0 radical (unpaired) electrons. The van der Waals surface area contributed by atoms with E-state index < -0.39 is 0 Å². The highest BCUT2D eigenvalue weighted by Gasteiger charge is 2.10. The maximum atomic E-state index is 11.8. The number of carbonyl (C=O) groups is 1. The van der Waals surface area contributed by atoms with Gasteiger partial charge in [-0.1, -0.05) is 34.5 Å². The molecule has 5 heteroatoms. The molecule has 1 atom stereocenters. The molecule has 0 aromatic heterocycles. The minimum Gasteiger partial charge on any atom is -0.352 e. The van der Waals surface area contributed by atoms with Crippen LogP contribution in [0.4, 0.5) is 0 Å². The van der Waals surface area contributed by atoms with Crippen molar-refractivity contribution in [1.82, 2.24) is 5.32 Å². The van der Waals surface area contributed by atoms with Gasteiger partial charge >= 0.3 is 0 Å². The monoisotopic (exact) mass is 337 g/mol. The lowest BCUT2D eigenvalue weighted by Gasteiger charge is -2.09. The van der Waals surface area contributed by atoms with Gasteiger partial charge in [-0.15, -0.1) is 11.6 Å². The SMILES string of the molecule is CCC(Cl)CCNC(=O)c1ccc(Br)cc1Cl. The summed E-state index contributed by atoms with van der Waals surface area (Å²) in [4.78, 5) is 11.8. The van der Waals surface area contributed by atoms with Gasteiger partial charge in [-0.05, 0) is 31.0 Å². The summed E-state index contributed by atoms with van der Waals surface area (Å²) in [6, 6.07) is 5.18. The maximum absolute atomic E-state index is 11.8. The predicted octanol–water partition coefficient (Wildman–Crippen LogP) is 4.24. The third-order valence-corrected chi connectivity index (χ3v) is 3.69. The van der Waals surface area contributed by atoms with Crippen molar-refractivity contribution in [3.63, 3.8) is 0 Å². The van der Waals surface area contributed by atoms with Crippen LogP contribution in [-0.2, 0) is 0 Å². The molecule has 17 heavy (non-hydrogen) atoms. The van der Waals surface area contributed by atoms with Crippen LogP contribution in [0.25, 0.3) is 0 Å². The number of rotatable bonds is 5. The van der Waals surface area contributed by atoms with Crippen molar-refractivity contribution in [1.29, 1.82) is 0 Å². The fourth-order valence-electron chi connectivity index (χ4n) is 1.32. The normalized spacial score (nSPS) is 12.2. The summed E-state index contributed by atoms with van der Waals surface area (Å²) in [5.41, 5.74) is 0.484. The lowest BCUT2D eigenvalue weighted by atomic mass is 10.2. The molecule has 0 bridgehead atoms. The number of amides is 1. The van der Waals surface area contributed by atoms with Gasteiger partial charge in [0.2, 0.25) is 0 Å². The van der Waals surface area contributed by atoms with Crippen LogP contribution in [0.2, 0.25) is 5.02 Å². The second-order valence-corrected chi connectivity index (χ2v) is 5.61. The van der Waals surface area contributed by atoms with Crippen molar-refractivity contribution >= 4 is 45.0 Å². The van der Waals surface area contributed by atoms with Crippen LogP contribution in [0.15, 0.2) is 22.7 Å². The Kier molecular flexibility index (Phi) is 6.31. The number of carbonyl (C=O) groups excluding carboxylic acids is 1. The van der Waals surface area contributed by atoms with E-state index in [1.807, 2.05) is 6.92 Å². The largest absolute Gasteiger partial charge is 0.352 e. The van der Waals surface area contributed by atoms with E-state index in [1.165, 1.54) is 0 Å². The number of benzene rings is 1. The second-order valence-electron chi connectivity index (χ2n) is 3.67. The van der Waals surface area contributed by atoms with Crippen molar-refractivity contribution in [3.05, 3.63) is 33.3 Å². The molecule has 1 aromatic rings. The van der Waals surface area contributed by atoms with Crippen molar-refractivity contribution < 1.29 is 4.79 Å². The molecule has 1 rings (SSSR count). The highest BCUT2D eigenvalue weighted by atomic mass is 79.9. The van der Waals surface area contributed by atoms with Gasteiger partial charge in [-0.3, -0.25) is 4.79 Å². The van der Waals surface area contributed by atoms with Gasteiger partial charge in [0.25, 0.3) is 5.91 Å². The standard InChI is InChI=1S/C12H14BrCl2NO/c1-2-9(14)5-6-16-12(17)10-4-3-8(13)7-11(10)15/h3-4,7,9H,2,5-6H2,1H3,(H,16,17). The van der Waals surface area contributed by atoms with Crippen LogP contribution in [0.3, 0.4) is 0 Å². The van der Waals surface area contributed by atoms with Crippen LogP contribution >= 0.6 is 39.1 Å². The zero-order chi connectivity index (χ0) is 12.8. The average molecular weight is 339 g/mol. The van der Waals surface area contributed by atoms with E-state index in [9.17, 15) is 4.79 Å². The zero-order valence-electron chi connectivity index (χ0n) is 9.47. The van der Waals surface area contributed by atoms with E-state index in [-0.39, 0.29) is 11.3 Å². The molecule has 1 unspecified atom stereocenters. The van der Waals surface area contributed by atoms with Gasteiger partial charge in [0.1, 0.15) is 0 Å². The molecule has 2 nitrogen and oxygen atoms in total. The third kappa shape index (κ3) is 4.86. The van der Waals surface area contributed by atoms with E-state index in [0.29, 0.717) is 17.1 Å². The molecule has 0 aliphatic carbocycles. The van der Waals surface area contributed by atoms with Gasteiger partial charge in [0, 0.05) is 16.4 Å². The van der Waals surface area contributed by atoms with Crippen LogP contribution in [-0.4, -0.2) is 17.8 Å². The number of nitrogens with one attached hydrogen (secondary N) is 1. The van der Waals surface area contributed by atoms with Crippen LogP contribution in [0.5, 0.6) is 0 Å². The molecule has 0 saturated carbocycles. The minimum absolute atomic E-state index is 0.107. The van der Waals surface area contributed by atoms with Crippen molar-refractivity contribution in [2.24, 2.45) is 0 Å². The fraction of sp³-hybridized carbons (Fsp3) is 0.417. The highest BCUT2D eigenvalue weighted by Crippen LogP contribution is 2.21. The number of alkyl halides is 1. The quantitative estimate of drug-likeness (QED) is 0.799. The molecule has 0 spiro atoms. The summed E-state index contributed by atoms with van der Waals surface area (Å²) in [5, 5.41) is 3.35. The minimum atomic E-state index is -0.164. The summed E-state index contributed by atoms with van der Waals surface area (Å²) in [6.07, 6.45) is 1.66. The molecular weight excluding hydrogens is 325 g/mol. The molecule has 94 valence electrons. The first-order valence-corrected chi connectivity index (χ1v) is 7.02. The van der Waals surface area contributed by atoms with Crippen molar-refractivity contribution in [3.8, 4) is 0 Å².